The van der Waals surface area contributed by atoms with Crippen LogP contribution in [0.1, 0.15) is 22.4 Å². The van der Waals surface area contributed by atoms with Crippen LogP contribution in [-0.4, -0.2) is 48.4 Å². The Labute approximate surface area is 195 Å². The van der Waals surface area contributed by atoms with Crippen LogP contribution >= 0.6 is 35.3 Å². The van der Waals surface area contributed by atoms with E-state index >= 15 is 0 Å². The van der Waals surface area contributed by atoms with Crippen LogP contribution in [0.5, 0.6) is 5.75 Å². The maximum atomic E-state index is 12.7. The number of aliphatic hydroxyl groups excluding tert-OH is 1. The third kappa shape index (κ3) is 9.47. The fraction of sp³-hybridized carbons (Fsp3) is 0.474. The minimum absolute atomic E-state index is 0. The molecule has 2 rings (SSSR count). The molecule has 0 aliphatic heterocycles. The molecule has 0 spiro atoms. The number of aromatic nitrogens is 1. The highest BCUT2D eigenvalue weighted by molar-refractivity contribution is 14.0. The normalized spacial score (nSPS) is 12.8. The molecule has 2 aromatic rings. The van der Waals surface area contributed by atoms with Crippen LogP contribution in [0.3, 0.4) is 0 Å². The van der Waals surface area contributed by atoms with Gasteiger partial charge in [0.1, 0.15) is 18.5 Å². The molecule has 1 unspecified atom stereocenters. The number of alkyl halides is 3. The second-order valence-corrected chi connectivity index (χ2v) is 7.57. The van der Waals surface area contributed by atoms with Crippen molar-refractivity contribution in [3.63, 3.8) is 0 Å². The second-order valence-electron chi connectivity index (χ2n) is 6.25. The van der Waals surface area contributed by atoms with Crippen molar-refractivity contribution in [3.05, 3.63) is 45.9 Å². The number of aliphatic hydroxyl groups is 1. The number of nitrogens with zero attached hydrogens (tertiary/aromatic N) is 2. The Morgan fingerprint density at radius 2 is 2.10 bits per heavy atom. The van der Waals surface area contributed by atoms with Crippen molar-refractivity contribution in [1.29, 1.82) is 0 Å². The van der Waals surface area contributed by atoms with E-state index in [1.165, 1.54) is 12.1 Å². The van der Waals surface area contributed by atoms with Gasteiger partial charge in [0.25, 0.3) is 0 Å². The highest BCUT2D eigenvalue weighted by Crippen LogP contribution is 2.31. The first-order chi connectivity index (χ1) is 13.8. The van der Waals surface area contributed by atoms with Crippen LogP contribution in [0.15, 0.2) is 35.5 Å². The molecular formula is C19H26F3IN4O2S. The lowest BCUT2D eigenvalue weighted by atomic mass is 10.2. The van der Waals surface area contributed by atoms with Crippen molar-refractivity contribution in [2.24, 2.45) is 4.99 Å². The molecule has 30 heavy (non-hydrogen) atoms. The van der Waals surface area contributed by atoms with Gasteiger partial charge in [-0.15, -0.1) is 35.3 Å². The summed E-state index contributed by atoms with van der Waals surface area (Å²) in [5.41, 5.74) is -0.795. The number of aryl methyl sites for hydroxylation is 1. The number of hydrogen-bond donors (Lipinski definition) is 3. The highest BCUT2D eigenvalue weighted by atomic mass is 127. The predicted octanol–water partition coefficient (Wildman–Crippen LogP) is 3.63. The van der Waals surface area contributed by atoms with Crippen LogP contribution in [0.4, 0.5) is 13.2 Å². The molecule has 168 valence electrons. The second kappa shape index (κ2) is 13.0. The summed E-state index contributed by atoms with van der Waals surface area (Å²) in [6.45, 7) is 5.10. The number of aliphatic imine (C=N–C) groups is 1. The molecule has 0 saturated carbocycles. The molecule has 11 heteroatoms. The topological polar surface area (TPSA) is 78.8 Å². The molecule has 6 nitrogen and oxygen atoms in total. The zero-order chi connectivity index (χ0) is 21.3. The lowest BCUT2D eigenvalue weighted by molar-refractivity contribution is -0.137. The van der Waals surface area contributed by atoms with E-state index < -0.39 is 17.8 Å². The number of hydrogen-bond acceptors (Lipinski definition) is 5. The summed E-state index contributed by atoms with van der Waals surface area (Å²) < 4.78 is 43.4. The average molecular weight is 558 g/mol. The summed E-state index contributed by atoms with van der Waals surface area (Å²) in [5.74, 6) is 0.588. The Hall–Kier alpha value is -1.60. The summed E-state index contributed by atoms with van der Waals surface area (Å²) in [7, 11) is 0. The monoisotopic (exact) mass is 558 g/mol. The van der Waals surface area contributed by atoms with Gasteiger partial charge in [-0.25, -0.2) is 4.98 Å². The van der Waals surface area contributed by atoms with Gasteiger partial charge >= 0.3 is 6.18 Å². The lowest BCUT2D eigenvalue weighted by Gasteiger charge is -2.14. The quantitative estimate of drug-likeness (QED) is 0.249. The van der Waals surface area contributed by atoms with Crippen molar-refractivity contribution < 1.29 is 23.0 Å². The van der Waals surface area contributed by atoms with Gasteiger partial charge < -0.3 is 20.5 Å². The van der Waals surface area contributed by atoms with Crippen LogP contribution in [-0.2, 0) is 12.6 Å². The maximum absolute atomic E-state index is 12.7. The minimum atomic E-state index is -4.44. The summed E-state index contributed by atoms with van der Waals surface area (Å²) in [6.07, 6.45) is -2.81. The summed E-state index contributed by atoms with van der Waals surface area (Å²) >= 11 is 1.64. The number of nitrogens with one attached hydrogen (secondary N) is 2. The molecule has 0 saturated heterocycles. The van der Waals surface area contributed by atoms with E-state index in [4.69, 9.17) is 4.74 Å². The molecule has 0 radical (unpaired) electrons. The van der Waals surface area contributed by atoms with E-state index in [1.54, 1.807) is 11.3 Å². The number of ether oxygens (including phenoxy) is 1. The maximum Gasteiger partial charge on any atom is 0.416 e. The van der Waals surface area contributed by atoms with Gasteiger partial charge in [0.2, 0.25) is 0 Å². The molecule has 0 aliphatic rings. The lowest BCUT2D eigenvalue weighted by Crippen LogP contribution is -2.39. The minimum Gasteiger partial charge on any atom is -0.491 e. The van der Waals surface area contributed by atoms with Crippen molar-refractivity contribution in [1.82, 2.24) is 15.6 Å². The number of rotatable bonds is 9. The standard InChI is InChI=1S/C19H25F3N4O2S.HI/c1-3-23-18(24-8-7-17-25-10-13(2)29-17)26-11-15(27)12-28-16-6-4-5-14(9-16)19(20,21)22;/h4-6,9-10,15,27H,3,7-8,11-12H2,1-2H3,(H2,23,24,26);1H. The molecule has 0 aliphatic carbocycles. The van der Waals surface area contributed by atoms with Gasteiger partial charge in [-0.05, 0) is 32.0 Å². The summed E-state index contributed by atoms with van der Waals surface area (Å²) in [4.78, 5) is 9.74. The van der Waals surface area contributed by atoms with Gasteiger partial charge in [-0.2, -0.15) is 13.2 Å². The molecule has 0 amide bonds. The summed E-state index contributed by atoms with van der Waals surface area (Å²) in [6, 6.07) is 4.55. The Balaban J connectivity index is 0.00000450. The smallest absolute Gasteiger partial charge is 0.416 e. The SMILES string of the molecule is CCNC(=NCC(O)COc1cccc(C(F)(F)F)c1)NCCc1ncc(C)s1.I. The largest absolute Gasteiger partial charge is 0.491 e. The van der Waals surface area contributed by atoms with E-state index in [-0.39, 0.29) is 42.9 Å². The van der Waals surface area contributed by atoms with E-state index in [0.717, 1.165) is 28.4 Å². The highest BCUT2D eigenvalue weighted by Gasteiger charge is 2.30. The van der Waals surface area contributed by atoms with E-state index in [1.807, 2.05) is 20.0 Å². The molecule has 1 aromatic heterocycles. The summed E-state index contributed by atoms with van der Waals surface area (Å²) in [5, 5.41) is 17.3. The number of thiazole rings is 1. The Kier molecular flexibility index (Phi) is 11.4. The molecule has 0 bridgehead atoms. The molecule has 0 fully saturated rings. The van der Waals surface area contributed by atoms with Gasteiger partial charge in [0.05, 0.1) is 17.1 Å². The third-order valence-electron chi connectivity index (χ3n) is 3.71. The van der Waals surface area contributed by atoms with Crippen LogP contribution in [0.25, 0.3) is 0 Å². The molecule has 3 N–H and O–H groups in total. The molecular weight excluding hydrogens is 532 g/mol. The first-order valence-corrected chi connectivity index (χ1v) is 10.0. The molecule has 1 aromatic carbocycles. The predicted molar refractivity (Wildman–Crippen MR) is 123 cm³/mol. The van der Waals surface area contributed by atoms with Crippen molar-refractivity contribution >= 4 is 41.3 Å². The van der Waals surface area contributed by atoms with E-state index in [9.17, 15) is 18.3 Å². The van der Waals surface area contributed by atoms with Gasteiger partial charge in [-0.1, -0.05) is 6.07 Å². The first-order valence-electron chi connectivity index (χ1n) is 9.19. The molecule has 1 heterocycles. The first kappa shape index (κ1) is 26.4. The van der Waals surface area contributed by atoms with Crippen molar-refractivity contribution in [3.8, 4) is 5.75 Å². The fourth-order valence-corrected chi connectivity index (χ4v) is 3.14. The van der Waals surface area contributed by atoms with Crippen LogP contribution in [0, 0.1) is 6.92 Å². The number of benzene rings is 1. The van der Waals surface area contributed by atoms with E-state index in [0.29, 0.717) is 19.0 Å². The van der Waals surface area contributed by atoms with Crippen molar-refractivity contribution in [2.75, 3.05) is 26.2 Å². The zero-order valence-electron chi connectivity index (χ0n) is 16.7. The van der Waals surface area contributed by atoms with E-state index in [2.05, 4.69) is 20.6 Å². The molecule has 1 atom stereocenters. The van der Waals surface area contributed by atoms with Gasteiger partial charge in [-0.3, -0.25) is 4.99 Å². The Morgan fingerprint density at radius 1 is 1.33 bits per heavy atom. The van der Waals surface area contributed by atoms with Crippen LogP contribution in [0.2, 0.25) is 0 Å². The fourth-order valence-electron chi connectivity index (χ4n) is 2.35. The van der Waals surface area contributed by atoms with Gasteiger partial charge in [0.15, 0.2) is 5.96 Å². The Morgan fingerprint density at radius 3 is 2.73 bits per heavy atom. The zero-order valence-corrected chi connectivity index (χ0v) is 19.8. The third-order valence-corrected chi connectivity index (χ3v) is 4.68. The average Bonchev–Trinajstić information content (AvgIpc) is 3.09. The van der Waals surface area contributed by atoms with Gasteiger partial charge in [0, 0.05) is 30.6 Å². The van der Waals surface area contributed by atoms with Crippen LogP contribution < -0.4 is 15.4 Å². The number of halogens is 4. The Bertz CT molecular complexity index is 802. The number of guanidine groups is 1. The van der Waals surface area contributed by atoms with Crippen molar-refractivity contribution in [2.45, 2.75) is 32.5 Å².